The Hall–Kier alpha value is -3.65. The summed E-state index contributed by atoms with van der Waals surface area (Å²) in [6.07, 6.45) is 2.72. The molecule has 2 heterocycles. The van der Waals surface area contributed by atoms with Gasteiger partial charge in [0.25, 0.3) is 5.69 Å². The Kier molecular flexibility index (Phi) is 5.96. The number of aryl methyl sites for hydroxylation is 1. The lowest BCUT2D eigenvalue weighted by Crippen LogP contribution is -2.43. The number of nitrogens with one attached hydrogen (secondary N) is 1. The van der Waals surface area contributed by atoms with Gasteiger partial charge in [0.1, 0.15) is 12.4 Å². The lowest BCUT2D eigenvalue weighted by molar-refractivity contribution is -0.607. The minimum atomic E-state index is -3.30. The van der Waals surface area contributed by atoms with E-state index in [9.17, 15) is 18.4 Å². The summed E-state index contributed by atoms with van der Waals surface area (Å²) in [4.78, 5) is 12.5. The smallest absolute Gasteiger partial charge is 0.317 e. The molecule has 32 heavy (non-hydrogen) atoms. The fourth-order valence-corrected chi connectivity index (χ4v) is 4.68. The highest BCUT2D eigenvalue weighted by molar-refractivity contribution is 7.94. The number of benzene rings is 2. The Morgan fingerprint density at radius 1 is 1.16 bits per heavy atom. The van der Waals surface area contributed by atoms with Crippen molar-refractivity contribution >= 4 is 15.7 Å². The number of hydrogen-bond donors (Lipinski definition) is 1. The number of nitrogens with zero attached hydrogens (tertiary/aromatic N) is 1. The molecular formula is C24H22N2O5S. The molecule has 164 valence electrons. The number of amides is 1. The molecule has 0 aliphatic carbocycles. The zero-order chi connectivity index (χ0) is 22.7. The van der Waals surface area contributed by atoms with Gasteiger partial charge in [0.05, 0.1) is 17.4 Å². The first-order valence-electron chi connectivity index (χ1n) is 10.0. The first-order chi connectivity index (χ1) is 15.3. The van der Waals surface area contributed by atoms with Crippen molar-refractivity contribution in [2.75, 3.05) is 5.75 Å². The molecule has 3 aromatic rings. The Labute approximate surface area is 186 Å². The molecule has 0 fully saturated rings. The van der Waals surface area contributed by atoms with Gasteiger partial charge in [-0.2, -0.15) is 4.73 Å². The maximum Gasteiger partial charge on any atom is 0.317 e. The normalized spacial score (nSPS) is 16.6. The van der Waals surface area contributed by atoms with Crippen LogP contribution in [-0.4, -0.2) is 26.1 Å². The molecule has 8 heteroatoms. The van der Waals surface area contributed by atoms with Gasteiger partial charge in [-0.05, 0) is 36.3 Å². The van der Waals surface area contributed by atoms with Crippen molar-refractivity contribution in [2.24, 2.45) is 0 Å². The SMILES string of the molecule is Cc1ccc(-c2ccc(C(=O)N[C@@H]3C=CS(=O)(=O)C3)[n+]([O-])c2)c(OCc2ccccc2)c1. The zero-order valence-corrected chi connectivity index (χ0v) is 18.2. The number of ether oxygens (including phenoxy) is 1. The second-order valence-electron chi connectivity index (χ2n) is 7.64. The van der Waals surface area contributed by atoms with Crippen molar-refractivity contribution in [3.8, 4) is 16.9 Å². The summed E-state index contributed by atoms with van der Waals surface area (Å²) in [6.45, 7) is 2.34. The molecule has 0 radical (unpaired) electrons. The molecule has 0 spiro atoms. The van der Waals surface area contributed by atoms with Crippen LogP contribution in [0.2, 0.25) is 0 Å². The maximum absolute atomic E-state index is 12.6. The van der Waals surface area contributed by atoms with Gasteiger partial charge in [-0.3, -0.25) is 4.79 Å². The maximum atomic E-state index is 12.6. The van der Waals surface area contributed by atoms with Crippen LogP contribution in [0.5, 0.6) is 5.75 Å². The van der Waals surface area contributed by atoms with Gasteiger partial charge in [-0.1, -0.05) is 42.5 Å². The van der Waals surface area contributed by atoms with Crippen LogP contribution in [-0.2, 0) is 16.4 Å². The summed E-state index contributed by atoms with van der Waals surface area (Å²) in [6, 6.07) is 17.9. The number of sulfone groups is 1. The Balaban J connectivity index is 1.55. The summed E-state index contributed by atoms with van der Waals surface area (Å²) < 4.78 is 29.5. The van der Waals surface area contributed by atoms with Gasteiger partial charge in [0.2, 0.25) is 0 Å². The van der Waals surface area contributed by atoms with E-state index < -0.39 is 21.8 Å². The second-order valence-corrected chi connectivity index (χ2v) is 9.57. The molecule has 0 saturated heterocycles. The Morgan fingerprint density at radius 3 is 2.62 bits per heavy atom. The number of carbonyl (C=O) groups excluding carboxylic acids is 1. The van der Waals surface area contributed by atoms with E-state index in [1.807, 2.05) is 55.5 Å². The molecule has 0 saturated carbocycles. The van der Waals surface area contributed by atoms with Crippen LogP contribution in [0, 0.1) is 12.1 Å². The highest BCUT2D eigenvalue weighted by Gasteiger charge is 2.26. The van der Waals surface area contributed by atoms with Crippen molar-refractivity contribution in [1.29, 1.82) is 0 Å². The molecule has 1 amide bonds. The van der Waals surface area contributed by atoms with Crippen molar-refractivity contribution in [2.45, 2.75) is 19.6 Å². The van der Waals surface area contributed by atoms with Crippen molar-refractivity contribution < 1.29 is 22.7 Å². The summed E-state index contributed by atoms with van der Waals surface area (Å²) in [5.41, 5.74) is 3.25. The van der Waals surface area contributed by atoms with Crippen LogP contribution in [0.15, 0.2) is 78.3 Å². The van der Waals surface area contributed by atoms with E-state index in [-0.39, 0.29) is 11.4 Å². The average molecular weight is 451 g/mol. The zero-order valence-electron chi connectivity index (χ0n) is 17.4. The number of pyridine rings is 1. The summed E-state index contributed by atoms with van der Waals surface area (Å²) in [5, 5.41) is 16.2. The summed E-state index contributed by atoms with van der Waals surface area (Å²) in [5.74, 6) is -0.212. The topological polar surface area (TPSA) is 99.4 Å². The lowest BCUT2D eigenvalue weighted by Gasteiger charge is -2.14. The van der Waals surface area contributed by atoms with E-state index in [2.05, 4.69) is 5.32 Å². The van der Waals surface area contributed by atoms with Gasteiger partial charge < -0.3 is 15.3 Å². The molecule has 2 aromatic carbocycles. The van der Waals surface area contributed by atoms with Crippen LogP contribution in [0.3, 0.4) is 0 Å². The van der Waals surface area contributed by atoms with Crippen molar-refractivity contribution in [3.05, 3.63) is 100 Å². The van der Waals surface area contributed by atoms with E-state index in [0.29, 0.717) is 22.7 Å². The molecule has 4 rings (SSSR count). The van der Waals surface area contributed by atoms with Crippen LogP contribution < -0.4 is 14.8 Å². The fraction of sp³-hybridized carbons (Fsp3) is 0.167. The van der Waals surface area contributed by atoms with E-state index in [0.717, 1.165) is 22.1 Å². The molecule has 1 atom stereocenters. The molecule has 1 N–H and O–H groups in total. The van der Waals surface area contributed by atoms with Crippen LogP contribution >= 0.6 is 0 Å². The predicted molar refractivity (Wildman–Crippen MR) is 121 cm³/mol. The van der Waals surface area contributed by atoms with Crippen LogP contribution in [0.1, 0.15) is 21.6 Å². The molecule has 1 aromatic heterocycles. The highest BCUT2D eigenvalue weighted by atomic mass is 32.2. The molecule has 1 aliphatic rings. The molecule has 7 nitrogen and oxygen atoms in total. The van der Waals surface area contributed by atoms with Crippen molar-refractivity contribution in [1.82, 2.24) is 5.32 Å². The minimum Gasteiger partial charge on any atom is -0.618 e. The van der Waals surface area contributed by atoms with E-state index in [4.69, 9.17) is 4.74 Å². The monoisotopic (exact) mass is 450 g/mol. The molecule has 0 unspecified atom stereocenters. The summed E-state index contributed by atoms with van der Waals surface area (Å²) in [7, 11) is -3.30. The van der Waals surface area contributed by atoms with E-state index in [1.165, 1.54) is 18.3 Å². The van der Waals surface area contributed by atoms with Crippen LogP contribution in [0.4, 0.5) is 0 Å². The highest BCUT2D eigenvalue weighted by Crippen LogP contribution is 2.31. The van der Waals surface area contributed by atoms with Gasteiger partial charge in [0.15, 0.2) is 16.0 Å². The van der Waals surface area contributed by atoms with Gasteiger partial charge in [-0.15, -0.1) is 0 Å². The predicted octanol–water partition coefficient (Wildman–Crippen LogP) is 2.91. The largest absolute Gasteiger partial charge is 0.618 e. The minimum absolute atomic E-state index is 0.120. The number of aromatic nitrogens is 1. The second kappa shape index (κ2) is 8.84. The number of rotatable bonds is 6. The standard InChI is InChI=1S/C24H22N2O5S/c1-17-7-9-21(23(13-17)31-15-18-5-3-2-4-6-18)19-8-10-22(26(28)14-19)24(27)25-20-11-12-32(29,30)16-20/h2-14,20H,15-16H2,1H3,(H,25,27)/t20-/m1/s1. The van der Waals surface area contributed by atoms with E-state index in [1.54, 1.807) is 6.07 Å². The quantitative estimate of drug-likeness (QED) is 0.460. The van der Waals surface area contributed by atoms with Gasteiger partial charge in [0, 0.05) is 17.0 Å². The number of hydrogen-bond acceptors (Lipinski definition) is 5. The lowest BCUT2D eigenvalue weighted by atomic mass is 10.0. The molecular weight excluding hydrogens is 428 g/mol. The number of carbonyl (C=O) groups is 1. The van der Waals surface area contributed by atoms with Gasteiger partial charge >= 0.3 is 5.91 Å². The fourth-order valence-electron chi connectivity index (χ4n) is 3.45. The summed E-state index contributed by atoms with van der Waals surface area (Å²) >= 11 is 0. The third kappa shape index (κ3) is 4.97. The van der Waals surface area contributed by atoms with Gasteiger partial charge in [-0.25, -0.2) is 8.42 Å². The Morgan fingerprint density at radius 2 is 1.94 bits per heavy atom. The van der Waals surface area contributed by atoms with Crippen LogP contribution in [0.25, 0.3) is 11.1 Å². The molecule has 0 bridgehead atoms. The first-order valence-corrected chi connectivity index (χ1v) is 11.7. The average Bonchev–Trinajstić information content (AvgIpc) is 3.11. The van der Waals surface area contributed by atoms with E-state index >= 15 is 0 Å². The third-order valence-corrected chi connectivity index (χ3v) is 6.47. The van der Waals surface area contributed by atoms with Crippen molar-refractivity contribution in [3.63, 3.8) is 0 Å². The Bertz CT molecular complexity index is 1290. The molecule has 1 aliphatic heterocycles. The first kappa shape index (κ1) is 21.6. The third-order valence-electron chi connectivity index (χ3n) is 5.08.